The number of rotatable bonds is 7. The van der Waals surface area contributed by atoms with E-state index in [0.29, 0.717) is 12.1 Å². The first-order valence-corrected chi connectivity index (χ1v) is 10.3. The minimum Gasteiger partial charge on any atom is -0.355 e. The van der Waals surface area contributed by atoms with E-state index in [2.05, 4.69) is 62.7 Å². The minimum absolute atomic E-state index is 0. The Labute approximate surface area is 182 Å². The van der Waals surface area contributed by atoms with Crippen molar-refractivity contribution in [2.75, 3.05) is 46.3 Å². The van der Waals surface area contributed by atoms with Crippen molar-refractivity contribution < 1.29 is 0 Å². The third-order valence-corrected chi connectivity index (χ3v) is 5.86. The van der Waals surface area contributed by atoms with E-state index in [1.165, 1.54) is 50.9 Å². The molecule has 0 radical (unpaired) electrons. The fourth-order valence-electron chi connectivity index (χ4n) is 4.36. The van der Waals surface area contributed by atoms with Crippen LogP contribution in [0, 0.1) is 0 Å². The minimum atomic E-state index is 0. The number of nitrogens with zero attached hydrogens (tertiary/aromatic N) is 3. The van der Waals surface area contributed by atoms with Crippen LogP contribution in [0.25, 0.3) is 0 Å². The largest absolute Gasteiger partial charge is 0.355 e. The zero-order valence-corrected chi connectivity index (χ0v) is 19.2. The Bertz CT molecular complexity index is 559. The van der Waals surface area contributed by atoms with Crippen LogP contribution in [0.1, 0.15) is 44.2 Å². The first kappa shape index (κ1) is 22.4. The van der Waals surface area contributed by atoms with E-state index in [-0.39, 0.29) is 24.0 Å². The van der Waals surface area contributed by atoms with Gasteiger partial charge >= 0.3 is 0 Å². The standard InChI is InChI=1S/C21H35N5.HI/c1-3-25-15-9-12-19(25)16-23-21(22-2)24-17-20(26-13-7-8-14-26)18-10-5-4-6-11-18;/h4-6,10-11,19-20H,3,7-9,12-17H2,1-2H3,(H2,22,23,24);1H. The van der Waals surface area contributed by atoms with Gasteiger partial charge in [0.05, 0.1) is 6.04 Å². The summed E-state index contributed by atoms with van der Waals surface area (Å²) in [5.74, 6) is 0.924. The number of hydrogen-bond acceptors (Lipinski definition) is 3. The lowest BCUT2D eigenvalue weighted by molar-refractivity contribution is 0.244. The second-order valence-electron chi connectivity index (χ2n) is 7.43. The monoisotopic (exact) mass is 485 g/mol. The summed E-state index contributed by atoms with van der Waals surface area (Å²) in [5.41, 5.74) is 1.39. The third kappa shape index (κ3) is 6.32. The van der Waals surface area contributed by atoms with E-state index in [4.69, 9.17) is 0 Å². The number of likely N-dealkylation sites (tertiary alicyclic amines) is 2. The molecule has 0 bridgehead atoms. The van der Waals surface area contributed by atoms with Gasteiger partial charge in [0.15, 0.2) is 5.96 Å². The highest BCUT2D eigenvalue weighted by Crippen LogP contribution is 2.24. The molecule has 0 saturated carbocycles. The van der Waals surface area contributed by atoms with Gasteiger partial charge in [0.1, 0.15) is 0 Å². The number of guanidine groups is 1. The molecule has 2 aliphatic rings. The molecule has 27 heavy (non-hydrogen) atoms. The molecule has 2 atom stereocenters. The van der Waals surface area contributed by atoms with E-state index in [0.717, 1.165) is 25.6 Å². The molecule has 2 fully saturated rings. The van der Waals surface area contributed by atoms with Crippen molar-refractivity contribution in [3.63, 3.8) is 0 Å². The highest BCUT2D eigenvalue weighted by Gasteiger charge is 2.25. The summed E-state index contributed by atoms with van der Waals surface area (Å²) in [6.45, 7) is 8.90. The molecule has 152 valence electrons. The van der Waals surface area contributed by atoms with Crippen LogP contribution in [0.4, 0.5) is 0 Å². The van der Waals surface area contributed by atoms with E-state index in [9.17, 15) is 0 Å². The van der Waals surface area contributed by atoms with Gasteiger partial charge in [-0.05, 0) is 57.4 Å². The van der Waals surface area contributed by atoms with Crippen molar-refractivity contribution in [3.05, 3.63) is 35.9 Å². The van der Waals surface area contributed by atoms with E-state index >= 15 is 0 Å². The van der Waals surface area contributed by atoms with Crippen molar-refractivity contribution in [2.45, 2.75) is 44.7 Å². The van der Waals surface area contributed by atoms with Crippen LogP contribution in [0.15, 0.2) is 35.3 Å². The average molecular weight is 485 g/mol. The van der Waals surface area contributed by atoms with Gasteiger partial charge in [-0.15, -0.1) is 24.0 Å². The molecule has 1 aromatic rings. The van der Waals surface area contributed by atoms with Gasteiger partial charge in [-0.1, -0.05) is 37.3 Å². The SMILES string of the molecule is CCN1CCCC1CNC(=NC)NCC(c1ccccc1)N1CCCC1.I. The van der Waals surface area contributed by atoms with Crippen molar-refractivity contribution in [3.8, 4) is 0 Å². The fourth-order valence-corrected chi connectivity index (χ4v) is 4.36. The fraction of sp³-hybridized carbons (Fsp3) is 0.667. The van der Waals surface area contributed by atoms with Gasteiger partial charge < -0.3 is 10.6 Å². The molecular weight excluding hydrogens is 449 g/mol. The molecule has 3 rings (SSSR count). The molecule has 0 aliphatic carbocycles. The van der Waals surface area contributed by atoms with E-state index in [1.54, 1.807) is 0 Å². The predicted octanol–water partition coefficient (Wildman–Crippen LogP) is 3.09. The topological polar surface area (TPSA) is 42.9 Å². The van der Waals surface area contributed by atoms with Crippen molar-refractivity contribution in [2.24, 2.45) is 4.99 Å². The molecule has 2 N–H and O–H groups in total. The van der Waals surface area contributed by atoms with Gasteiger partial charge in [-0.25, -0.2) is 0 Å². The Morgan fingerprint density at radius 1 is 1.11 bits per heavy atom. The first-order valence-electron chi connectivity index (χ1n) is 10.3. The van der Waals surface area contributed by atoms with E-state index in [1.807, 2.05) is 7.05 Å². The molecule has 6 heteroatoms. The van der Waals surface area contributed by atoms with E-state index < -0.39 is 0 Å². The number of aliphatic imine (C=N–C) groups is 1. The van der Waals surface area contributed by atoms with Crippen molar-refractivity contribution in [1.82, 2.24) is 20.4 Å². The molecule has 2 saturated heterocycles. The zero-order valence-electron chi connectivity index (χ0n) is 16.9. The molecule has 0 aromatic heterocycles. The second-order valence-corrected chi connectivity index (χ2v) is 7.43. The molecule has 0 spiro atoms. The maximum Gasteiger partial charge on any atom is 0.191 e. The third-order valence-electron chi connectivity index (χ3n) is 5.86. The van der Waals surface area contributed by atoms with Gasteiger partial charge in [0.25, 0.3) is 0 Å². The Morgan fingerprint density at radius 3 is 2.52 bits per heavy atom. The summed E-state index contributed by atoms with van der Waals surface area (Å²) < 4.78 is 0. The average Bonchev–Trinajstić information content (AvgIpc) is 3.37. The highest BCUT2D eigenvalue weighted by atomic mass is 127. The van der Waals surface area contributed by atoms with Crippen LogP contribution in [-0.4, -0.2) is 68.1 Å². The molecule has 1 aromatic carbocycles. The summed E-state index contributed by atoms with van der Waals surface area (Å²) in [6, 6.07) is 11.9. The van der Waals surface area contributed by atoms with Crippen LogP contribution >= 0.6 is 24.0 Å². The van der Waals surface area contributed by atoms with Crippen LogP contribution in [0.3, 0.4) is 0 Å². The number of nitrogens with one attached hydrogen (secondary N) is 2. The summed E-state index contributed by atoms with van der Waals surface area (Å²) in [4.78, 5) is 9.62. The maximum atomic E-state index is 4.45. The molecule has 2 heterocycles. The van der Waals surface area contributed by atoms with Crippen LogP contribution in [0.5, 0.6) is 0 Å². The summed E-state index contributed by atoms with van der Waals surface area (Å²) in [5, 5.41) is 7.13. The quantitative estimate of drug-likeness (QED) is 0.354. The molecule has 5 nitrogen and oxygen atoms in total. The molecule has 2 aliphatic heterocycles. The Kier molecular flexibility index (Phi) is 9.86. The lowest BCUT2D eigenvalue weighted by atomic mass is 10.1. The van der Waals surface area contributed by atoms with Crippen molar-refractivity contribution >= 4 is 29.9 Å². The highest BCUT2D eigenvalue weighted by molar-refractivity contribution is 14.0. The Balaban J connectivity index is 0.00000261. The number of hydrogen-bond donors (Lipinski definition) is 2. The second kappa shape index (κ2) is 11.9. The van der Waals surface area contributed by atoms with Gasteiger partial charge in [-0.2, -0.15) is 0 Å². The van der Waals surface area contributed by atoms with Crippen molar-refractivity contribution in [1.29, 1.82) is 0 Å². The zero-order chi connectivity index (χ0) is 18.2. The number of benzene rings is 1. The van der Waals surface area contributed by atoms with Crippen LogP contribution < -0.4 is 10.6 Å². The summed E-state index contributed by atoms with van der Waals surface area (Å²) in [6.07, 6.45) is 5.23. The van der Waals surface area contributed by atoms with Crippen LogP contribution in [0.2, 0.25) is 0 Å². The first-order chi connectivity index (χ1) is 12.8. The van der Waals surface area contributed by atoms with Gasteiger partial charge in [-0.3, -0.25) is 14.8 Å². The van der Waals surface area contributed by atoms with Gasteiger partial charge in [0.2, 0.25) is 0 Å². The Hall–Kier alpha value is -0.860. The lowest BCUT2D eigenvalue weighted by Gasteiger charge is -2.29. The van der Waals surface area contributed by atoms with Crippen LogP contribution in [-0.2, 0) is 0 Å². The smallest absolute Gasteiger partial charge is 0.191 e. The maximum absolute atomic E-state index is 4.45. The lowest BCUT2D eigenvalue weighted by Crippen LogP contribution is -2.47. The van der Waals surface area contributed by atoms with Gasteiger partial charge in [0, 0.05) is 26.2 Å². The Morgan fingerprint density at radius 2 is 1.85 bits per heavy atom. The number of halogens is 1. The molecular formula is C21H36IN5. The number of likely N-dealkylation sites (N-methyl/N-ethyl adjacent to an activating group) is 1. The predicted molar refractivity (Wildman–Crippen MR) is 125 cm³/mol. The molecule has 2 unspecified atom stereocenters. The summed E-state index contributed by atoms with van der Waals surface area (Å²) in [7, 11) is 1.87. The summed E-state index contributed by atoms with van der Waals surface area (Å²) >= 11 is 0. The normalized spacial score (nSPS) is 22.4. The molecule has 0 amide bonds.